The SMILES string of the molecule is CC1Oc2ccccc2N(CCC(=O)NCCCn2cncn2)C1=O. The number of nitrogens with one attached hydrogen (secondary N) is 1. The molecule has 1 aromatic carbocycles. The van der Waals surface area contributed by atoms with E-state index in [-0.39, 0.29) is 18.2 Å². The number of benzene rings is 1. The number of fused-ring (bicyclic) bond motifs is 1. The predicted molar refractivity (Wildman–Crippen MR) is 91.2 cm³/mol. The number of aromatic nitrogens is 3. The van der Waals surface area contributed by atoms with Gasteiger partial charge >= 0.3 is 0 Å². The largest absolute Gasteiger partial charge is 0.479 e. The molecule has 0 saturated heterocycles. The van der Waals surface area contributed by atoms with Crippen molar-refractivity contribution in [1.29, 1.82) is 0 Å². The van der Waals surface area contributed by atoms with Crippen molar-refractivity contribution in [2.75, 3.05) is 18.0 Å². The first-order chi connectivity index (χ1) is 12.1. The van der Waals surface area contributed by atoms with Crippen LogP contribution in [0.2, 0.25) is 0 Å². The van der Waals surface area contributed by atoms with E-state index in [0.29, 0.717) is 31.1 Å². The zero-order valence-corrected chi connectivity index (χ0v) is 14.1. The highest BCUT2D eigenvalue weighted by Crippen LogP contribution is 2.33. The Kier molecular flexibility index (Phi) is 5.27. The lowest BCUT2D eigenvalue weighted by molar-refractivity contribution is -0.125. The molecule has 3 rings (SSSR count). The number of carbonyl (C=O) groups excluding carboxylic acids is 2. The highest BCUT2D eigenvalue weighted by molar-refractivity contribution is 6.00. The molecule has 0 aliphatic carbocycles. The normalized spacial score (nSPS) is 16.3. The first-order valence-electron chi connectivity index (χ1n) is 8.31. The topological polar surface area (TPSA) is 89.3 Å². The van der Waals surface area contributed by atoms with Gasteiger partial charge in [-0.05, 0) is 25.5 Å². The van der Waals surface area contributed by atoms with Crippen LogP contribution in [0, 0.1) is 0 Å². The molecule has 2 amide bonds. The molecule has 1 atom stereocenters. The van der Waals surface area contributed by atoms with Gasteiger partial charge in [-0.1, -0.05) is 12.1 Å². The van der Waals surface area contributed by atoms with Gasteiger partial charge in [0.1, 0.15) is 18.4 Å². The van der Waals surface area contributed by atoms with Gasteiger partial charge in [0.25, 0.3) is 5.91 Å². The zero-order valence-electron chi connectivity index (χ0n) is 14.1. The molecule has 1 aliphatic heterocycles. The monoisotopic (exact) mass is 343 g/mol. The Morgan fingerprint density at radius 1 is 1.32 bits per heavy atom. The van der Waals surface area contributed by atoms with Gasteiger partial charge in [0.15, 0.2) is 6.10 Å². The first kappa shape index (κ1) is 16.9. The number of hydrogen-bond acceptors (Lipinski definition) is 5. The molecule has 1 aromatic heterocycles. The van der Waals surface area contributed by atoms with Crippen molar-refractivity contribution in [3.8, 4) is 5.75 Å². The average Bonchev–Trinajstić information content (AvgIpc) is 3.12. The number of ether oxygens (including phenoxy) is 1. The number of anilines is 1. The molecule has 0 fully saturated rings. The molecule has 8 nitrogen and oxygen atoms in total. The molecule has 132 valence electrons. The van der Waals surface area contributed by atoms with Crippen LogP contribution < -0.4 is 15.0 Å². The third-order valence-corrected chi connectivity index (χ3v) is 3.99. The van der Waals surface area contributed by atoms with Gasteiger partial charge in [-0.25, -0.2) is 4.98 Å². The van der Waals surface area contributed by atoms with Crippen LogP contribution in [0.5, 0.6) is 5.75 Å². The Hall–Kier alpha value is -2.90. The summed E-state index contributed by atoms with van der Waals surface area (Å²) in [5, 5.41) is 6.87. The summed E-state index contributed by atoms with van der Waals surface area (Å²) in [6.45, 7) is 3.31. The Bertz CT molecular complexity index is 732. The van der Waals surface area contributed by atoms with Crippen molar-refractivity contribution >= 4 is 17.5 Å². The number of aryl methyl sites for hydroxylation is 1. The molecule has 0 saturated carbocycles. The Morgan fingerprint density at radius 2 is 2.16 bits per heavy atom. The lowest BCUT2D eigenvalue weighted by Crippen LogP contribution is -2.45. The second-order valence-corrected chi connectivity index (χ2v) is 5.83. The number of amides is 2. The van der Waals surface area contributed by atoms with Crippen LogP contribution in [0.25, 0.3) is 0 Å². The van der Waals surface area contributed by atoms with Gasteiger partial charge < -0.3 is 15.0 Å². The summed E-state index contributed by atoms with van der Waals surface area (Å²) in [5.41, 5.74) is 0.713. The molecule has 2 aromatic rings. The minimum absolute atomic E-state index is 0.0805. The van der Waals surface area contributed by atoms with E-state index in [4.69, 9.17) is 4.74 Å². The van der Waals surface area contributed by atoms with E-state index in [1.54, 1.807) is 22.8 Å². The van der Waals surface area contributed by atoms with E-state index < -0.39 is 6.10 Å². The maximum atomic E-state index is 12.3. The second kappa shape index (κ2) is 7.78. The molecule has 0 spiro atoms. The van der Waals surface area contributed by atoms with Crippen LogP contribution in [-0.2, 0) is 16.1 Å². The summed E-state index contributed by atoms with van der Waals surface area (Å²) in [6, 6.07) is 7.37. The van der Waals surface area contributed by atoms with Crippen molar-refractivity contribution in [2.24, 2.45) is 0 Å². The highest BCUT2D eigenvalue weighted by Gasteiger charge is 2.31. The van der Waals surface area contributed by atoms with Crippen LogP contribution >= 0.6 is 0 Å². The number of para-hydroxylation sites is 2. The lowest BCUT2D eigenvalue weighted by Gasteiger charge is -2.32. The number of carbonyl (C=O) groups is 2. The molecule has 1 aliphatic rings. The van der Waals surface area contributed by atoms with Crippen molar-refractivity contribution < 1.29 is 14.3 Å². The van der Waals surface area contributed by atoms with Crippen LogP contribution in [0.15, 0.2) is 36.9 Å². The second-order valence-electron chi connectivity index (χ2n) is 5.83. The molecular formula is C17H21N5O3. The molecule has 2 heterocycles. The number of hydrogen-bond donors (Lipinski definition) is 1. The van der Waals surface area contributed by atoms with Crippen LogP contribution in [0.3, 0.4) is 0 Å². The quantitative estimate of drug-likeness (QED) is 0.757. The van der Waals surface area contributed by atoms with Crippen LogP contribution in [0.1, 0.15) is 19.8 Å². The molecular weight excluding hydrogens is 322 g/mol. The van der Waals surface area contributed by atoms with Gasteiger partial charge in [-0.3, -0.25) is 14.3 Å². The average molecular weight is 343 g/mol. The minimum Gasteiger partial charge on any atom is -0.479 e. The van der Waals surface area contributed by atoms with Gasteiger partial charge in [-0.2, -0.15) is 5.10 Å². The molecule has 8 heteroatoms. The minimum atomic E-state index is -0.541. The third-order valence-electron chi connectivity index (χ3n) is 3.99. The van der Waals surface area contributed by atoms with E-state index in [2.05, 4.69) is 15.4 Å². The molecule has 0 radical (unpaired) electrons. The van der Waals surface area contributed by atoms with E-state index in [9.17, 15) is 9.59 Å². The summed E-state index contributed by atoms with van der Waals surface area (Å²) >= 11 is 0. The summed E-state index contributed by atoms with van der Waals surface area (Å²) < 4.78 is 7.31. The summed E-state index contributed by atoms with van der Waals surface area (Å²) in [4.78, 5) is 29.9. The summed E-state index contributed by atoms with van der Waals surface area (Å²) in [7, 11) is 0. The van der Waals surface area contributed by atoms with Gasteiger partial charge in [0, 0.05) is 26.1 Å². The maximum absolute atomic E-state index is 12.3. The number of rotatable bonds is 7. The fraction of sp³-hybridized carbons (Fsp3) is 0.412. The van der Waals surface area contributed by atoms with E-state index in [1.165, 1.54) is 6.33 Å². The van der Waals surface area contributed by atoms with Gasteiger partial charge in [0.05, 0.1) is 5.69 Å². The Morgan fingerprint density at radius 3 is 2.96 bits per heavy atom. The Labute approximate surface area is 145 Å². The van der Waals surface area contributed by atoms with Crippen LogP contribution in [-0.4, -0.2) is 45.8 Å². The molecule has 0 bridgehead atoms. The lowest BCUT2D eigenvalue weighted by atomic mass is 10.1. The number of nitrogens with zero attached hydrogens (tertiary/aromatic N) is 4. The smallest absolute Gasteiger partial charge is 0.267 e. The third kappa shape index (κ3) is 4.14. The molecule has 25 heavy (non-hydrogen) atoms. The standard InChI is InChI=1S/C17H21N5O3/c1-13-17(24)22(14-5-2-3-6-15(14)25-13)10-7-16(23)19-8-4-9-21-12-18-11-20-21/h2-3,5-6,11-13H,4,7-10H2,1H3,(H,19,23). The van der Waals surface area contributed by atoms with Gasteiger partial charge in [-0.15, -0.1) is 0 Å². The fourth-order valence-corrected chi connectivity index (χ4v) is 2.71. The van der Waals surface area contributed by atoms with Crippen molar-refractivity contribution in [1.82, 2.24) is 20.1 Å². The first-order valence-corrected chi connectivity index (χ1v) is 8.31. The Balaban J connectivity index is 1.47. The summed E-state index contributed by atoms with van der Waals surface area (Å²) in [6.07, 6.45) is 3.60. The molecule has 1 N–H and O–H groups in total. The zero-order chi connectivity index (χ0) is 17.6. The van der Waals surface area contributed by atoms with Crippen molar-refractivity contribution in [2.45, 2.75) is 32.4 Å². The fourth-order valence-electron chi connectivity index (χ4n) is 2.71. The summed E-state index contributed by atoms with van der Waals surface area (Å²) in [5.74, 6) is 0.462. The van der Waals surface area contributed by atoms with Crippen molar-refractivity contribution in [3.05, 3.63) is 36.9 Å². The van der Waals surface area contributed by atoms with E-state index in [1.807, 2.05) is 24.3 Å². The van der Waals surface area contributed by atoms with E-state index >= 15 is 0 Å². The van der Waals surface area contributed by atoms with Crippen LogP contribution in [0.4, 0.5) is 5.69 Å². The predicted octanol–water partition coefficient (Wildman–Crippen LogP) is 0.989. The maximum Gasteiger partial charge on any atom is 0.267 e. The van der Waals surface area contributed by atoms with Crippen molar-refractivity contribution in [3.63, 3.8) is 0 Å². The molecule has 1 unspecified atom stereocenters. The highest BCUT2D eigenvalue weighted by atomic mass is 16.5. The van der Waals surface area contributed by atoms with Gasteiger partial charge in [0.2, 0.25) is 5.91 Å². The van der Waals surface area contributed by atoms with E-state index in [0.717, 1.165) is 6.42 Å².